The van der Waals surface area contributed by atoms with E-state index in [4.69, 9.17) is 4.74 Å². The van der Waals surface area contributed by atoms with Crippen molar-refractivity contribution in [2.75, 3.05) is 6.61 Å². The molecule has 0 unspecified atom stereocenters. The summed E-state index contributed by atoms with van der Waals surface area (Å²) in [7, 11) is 0. The number of nitrogens with one attached hydrogen (secondary N) is 1. The Labute approximate surface area is 128 Å². The highest BCUT2D eigenvalue weighted by atomic mass is 19.1. The number of rotatable bonds is 5. The zero-order valence-corrected chi connectivity index (χ0v) is 12.5. The second-order valence-corrected chi connectivity index (χ2v) is 4.96. The number of nitrogens with zero attached hydrogens (tertiary/aromatic N) is 1. The van der Waals surface area contributed by atoms with Crippen molar-refractivity contribution < 1.29 is 13.9 Å². The maximum Gasteiger partial charge on any atom is 0.277 e. The number of hydrazone groups is 1. The molecule has 5 heteroatoms. The smallest absolute Gasteiger partial charge is 0.277 e. The van der Waals surface area contributed by atoms with Gasteiger partial charge in [-0.05, 0) is 54.8 Å². The van der Waals surface area contributed by atoms with Crippen LogP contribution in [0.1, 0.15) is 16.7 Å². The van der Waals surface area contributed by atoms with E-state index in [9.17, 15) is 9.18 Å². The van der Waals surface area contributed by atoms with Crippen LogP contribution in [0.2, 0.25) is 0 Å². The van der Waals surface area contributed by atoms with Gasteiger partial charge < -0.3 is 4.74 Å². The molecule has 0 spiro atoms. The predicted octanol–water partition coefficient (Wildman–Crippen LogP) is 2.97. The molecule has 0 aliphatic rings. The first-order valence-corrected chi connectivity index (χ1v) is 6.81. The zero-order valence-electron chi connectivity index (χ0n) is 12.5. The monoisotopic (exact) mass is 300 g/mol. The van der Waals surface area contributed by atoms with Crippen molar-refractivity contribution in [3.8, 4) is 5.75 Å². The molecule has 2 aromatic rings. The van der Waals surface area contributed by atoms with Gasteiger partial charge in [0, 0.05) is 0 Å². The Morgan fingerprint density at radius 1 is 1.23 bits per heavy atom. The van der Waals surface area contributed by atoms with Gasteiger partial charge in [-0.25, -0.2) is 9.82 Å². The Hall–Kier alpha value is -2.69. The Bertz CT molecular complexity index is 679. The molecule has 22 heavy (non-hydrogen) atoms. The maximum absolute atomic E-state index is 13.0. The number of halogens is 1. The maximum atomic E-state index is 13.0. The van der Waals surface area contributed by atoms with Crippen LogP contribution in [0, 0.1) is 19.7 Å². The van der Waals surface area contributed by atoms with Gasteiger partial charge in [0.2, 0.25) is 0 Å². The van der Waals surface area contributed by atoms with Crippen LogP contribution >= 0.6 is 0 Å². The second-order valence-electron chi connectivity index (χ2n) is 4.96. The van der Waals surface area contributed by atoms with E-state index in [1.807, 2.05) is 32.0 Å². The fourth-order valence-corrected chi connectivity index (χ4v) is 1.96. The van der Waals surface area contributed by atoms with Gasteiger partial charge in [-0.1, -0.05) is 18.2 Å². The minimum absolute atomic E-state index is 0.136. The average Bonchev–Trinajstić information content (AvgIpc) is 2.44. The van der Waals surface area contributed by atoms with E-state index in [1.54, 1.807) is 12.1 Å². The van der Waals surface area contributed by atoms with Gasteiger partial charge in [0.25, 0.3) is 5.91 Å². The van der Waals surface area contributed by atoms with Gasteiger partial charge in [0.05, 0.1) is 6.21 Å². The summed E-state index contributed by atoms with van der Waals surface area (Å²) in [6.45, 7) is 3.79. The summed E-state index contributed by atoms with van der Waals surface area (Å²) in [5.41, 5.74) is 5.04. The van der Waals surface area contributed by atoms with Crippen molar-refractivity contribution in [3.63, 3.8) is 0 Å². The molecule has 0 saturated carbocycles. The standard InChI is InChI=1S/C17H17FN2O2/c1-12-6-13(2)8-16(7-12)22-11-17(21)20-19-10-14-4-3-5-15(18)9-14/h3-10H,11H2,1-2H3,(H,20,21)/b19-10-. The van der Waals surface area contributed by atoms with Crippen LogP contribution in [0.25, 0.3) is 0 Å². The summed E-state index contributed by atoms with van der Waals surface area (Å²) in [5, 5.41) is 3.76. The van der Waals surface area contributed by atoms with E-state index in [0.29, 0.717) is 11.3 Å². The molecule has 0 aliphatic heterocycles. The van der Waals surface area contributed by atoms with E-state index in [0.717, 1.165) is 11.1 Å². The van der Waals surface area contributed by atoms with Crippen LogP contribution in [0.15, 0.2) is 47.6 Å². The summed E-state index contributed by atoms with van der Waals surface area (Å²) in [4.78, 5) is 11.6. The number of amides is 1. The van der Waals surface area contributed by atoms with Gasteiger partial charge in [0.1, 0.15) is 11.6 Å². The molecule has 114 valence electrons. The number of hydrogen-bond acceptors (Lipinski definition) is 3. The first-order valence-electron chi connectivity index (χ1n) is 6.81. The van der Waals surface area contributed by atoms with E-state index in [-0.39, 0.29) is 18.3 Å². The van der Waals surface area contributed by atoms with E-state index in [1.165, 1.54) is 18.3 Å². The molecule has 1 amide bonds. The third-order valence-corrected chi connectivity index (χ3v) is 2.82. The Morgan fingerprint density at radius 2 is 1.95 bits per heavy atom. The molecule has 0 saturated heterocycles. The number of aryl methyl sites for hydroxylation is 2. The van der Waals surface area contributed by atoms with Crippen molar-refractivity contribution in [3.05, 3.63) is 65.0 Å². The van der Waals surface area contributed by atoms with Crippen LogP contribution < -0.4 is 10.2 Å². The predicted molar refractivity (Wildman–Crippen MR) is 83.5 cm³/mol. The molecule has 1 N–H and O–H groups in total. The lowest BCUT2D eigenvalue weighted by atomic mass is 10.1. The molecule has 4 nitrogen and oxygen atoms in total. The van der Waals surface area contributed by atoms with Crippen molar-refractivity contribution in [2.24, 2.45) is 5.10 Å². The molecule has 2 aromatic carbocycles. The number of benzene rings is 2. The van der Waals surface area contributed by atoms with Crippen LogP contribution in [-0.2, 0) is 4.79 Å². The number of hydrogen-bond donors (Lipinski definition) is 1. The Kier molecular flexibility index (Phi) is 5.25. The van der Waals surface area contributed by atoms with Crippen molar-refractivity contribution in [1.82, 2.24) is 5.43 Å². The molecule has 0 aliphatic carbocycles. The van der Waals surface area contributed by atoms with Crippen molar-refractivity contribution in [2.45, 2.75) is 13.8 Å². The fraction of sp³-hybridized carbons (Fsp3) is 0.176. The number of ether oxygens (including phenoxy) is 1. The molecule has 2 rings (SSSR count). The molecule has 0 aromatic heterocycles. The third kappa shape index (κ3) is 5.01. The third-order valence-electron chi connectivity index (χ3n) is 2.82. The zero-order chi connectivity index (χ0) is 15.9. The van der Waals surface area contributed by atoms with Gasteiger partial charge in [-0.3, -0.25) is 4.79 Å². The largest absolute Gasteiger partial charge is 0.484 e. The molecular weight excluding hydrogens is 283 g/mol. The van der Waals surface area contributed by atoms with Gasteiger partial charge in [0.15, 0.2) is 6.61 Å². The summed E-state index contributed by atoms with van der Waals surface area (Å²) >= 11 is 0. The number of carbonyl (C=O) groups is 1. The van der Waals surface area contributed by atoms with Gasteiger partial charge in [-0.2, -0.15) is 5.10 Å². The molecule has 0 atom stereocenters. The van der Waals surface area contributed by atoms with Gasteiger partial charge in [-0.15, -0.1) is 0 Å². The van der Waals surface area contributed by atoms with Crippen LogP contribution in [0.5, 0.6) is 5.75 Å². The normalized spacial score (nSPS) is 10.7. The SMILES string of the molecule is Cc1cc(C)cc(OCC(=O)N/N=C\c2cccc(F)c2)c1. The first-order chi connectivity index (χ1) is 10.5. The Balaban J connectivity index is 1.83. The second kappa shape index (κ2) is 7.36. The summed E-state index contributed by atoms with van der Waals surface area (Å²) in [6, 6.07) is 11.7. The molecule has 0 fully saturated rings. The first kappa shape index (κ1) is 15.7. The quantitative estimate of drug-likeness (QED) is 0.682. The number of carbonyl (C=O) groups excluding carboxylic acids is 1. The van der Waals surface area contributed by atoms with Gasteiger partial charge >= 0.3 is 0 Å². The highest BCUT2D eigenvalue weighted by Crippen LogP contribution is 2.15. The van der Waals surface area contributed by atoms with Crippen molar-refractivity contribution >= 4 is 12.1 Å². The minimum Gasteiger partial charge on any atom is -0.484 e. The Morgan fingerprint density at radius 3 is 2.64 bits per heavy atom. The van der Waals surface area contributed by atoms with Crippen LogP contribution in [0.4, 0.5) is 4.39 Å². The van der Waals surface area contributed by atoms with E-state index in [2.05, 4.69) is 10.5 Å². The molecular formula is C17H17FN2O2. The summed E-state index contributed by atoms with van der Waals surface area (Å²) in [5.74, 6) is -0.0954. The lowest BCUT2D eigenvalue weighted by molar-refractivity contribution is -0.123. The lowest BCUT2D eigenvalue weighted by Gasteiger charge is -2.07. The van der Waals surface area contributed by atoms with E-state index >= 15 is 0 Å². The minimum atomic E-state index is -0.383. The topological polar surface area (TPSA) is 50.7 Å². The highest BCUT2D eigenvalue weighted by Gasteiger charge is 2.02. The fourth-order valence-electron chi connectivity index (χ4n) is 1.96. The average molecular weight is 300 g/mol. The highest BCUT2D eigenvalue weighted by molar-refractivity contribution is 5.82. The summed E-state index contributed by atoms with van der Waals surface area (Å²) in [6.07, 6.45) is 1.37. The summed E-state index contributed by atoms with van der Waals surface area (Å²) < 4.78 is 18.4. The molecule has 0 bridgehead atoms. The van der Waals surface area contributed by atoms with Crippen LogP contribution in [-0.4, -0.2) is 18.7 Å². The van der Waals surface area contributed by atoms with Crippen LogP contribution in [0.3, 0.4) is 0 Å². The lowest BCUT2D eigenvalue weighted by Crippen LogP contribution is -2.24. The van der Waals surface area contributed by atoms with Crippen molar-refractivity contribution in [1.29, 1.82) is 0 Å². The van der Waals surface area contributed by atoms with E-state index < -0.39 is 0 Å². The molecule has 0 radical (unpaired) electrons. The molecule has 0 heterocycles.